The molecule has 1 aliphatic rings. The van der Waals surface area contributed by atoms with E-state index in [0.29, 0.717) is 37.7 Å². The van der Waals surface area contributed by atoms with Crippen LogP contribution < -0.4 is 10.1 Å². The Hall–Kier alpha value is -3.06. The first-order valence-corrected chi connectivity index (χ1v) is 11.8. The van der Waals surface area contributed by atoms with Gasteiger partial charge in [-0.1, -0.05) is 23.7 Å². The van der Waals surface area contributed by atoms with Gasteiger partial charge in [0.15, 0.2) is 0 Å². The number of amides is 1. The summed E-state index contributed by atoms with van der Waals surface area (Å²) in [5.74, 6) is -0.101. The van der Waals surface area contributed by atoms with Crippen LogP contribution in [0.15, 0.2) is 47.6 Å². The number of aromatic nitrogens is 4. The highest BCUT2D eigenvalue weighted by Crippen LogP contribution is 2.29. The standard InChI is InChI=1S/C20H21ClN6O5S/c1-31-19-11-18(27-13-23-24-25-27)17(21)10-16(19)20(28)22-12-14-2-4-15(5-3-14)33(29,30)26-6-8-32-9-7-26/h2-5,10-11,13H,6-9,12H2,1H3,(H,22,28). The molecule has 0 spiro atoms. The second-order valence-electron chi connectivity index (χ2n) is 7.10. The molecule has 2 heterocycles. The fraction of sp³-hybridized carbons (Fsp3) is 0.300. The Morgan fingerprint density at radius 2 is 1.94 bits per heavy atom. The number of halogens is 1. The van der Waals surface area contributed by atoms with Gasteiger partial charge in [0.05, 0.1) is 41.5 Å². The summed E-state index contributed by atoms with van der Waals surface area (Å²) in [6, 6.07) is 9.44. The number of carbonyl (C=O) groups excluding carboxylic acids is 1. The number of hydrogen-bond acceptors (Lipinski definition) is 8. The Morgan fingerprint density at radius 3 is 2.58 bits per heavy atom. The molecule has 0 atom stereocenters. The molecule has 1 fully saturated rings. The first-order valence-electron chi connectivity index (χ1n) is 9.96. The third kappa shape index (κ3) is 4.98. The molecule has 0 bridgehead atoms. The number of carbonyl (C=O) groups is 1. The molecule has 1 aromatic heterocycles. The minimum absolute atomic E-state index is 0.187. The molecule has 0 unspecified atom stereocenters. The predicted molar refractivity (Wildman–Crippen MR) is 118 cm³/mol. The lowest BCUT2D eigenvalue weighted by atomic mass is 10.1. The number of hydrogen-bond donors (Lipinski definition) is 1. The summed E-state index contributed by atoms with van der Waals surface area (Å²) in [6.07, 6.45) is 1.38. The van der Waals surface area contributed by atoms with Crippen LogP contribution in [0.3, 0.4) is 0 Å². The highest BCUT2D eigenvalue weighted by molar-refractivity contribution is 7.89. The summed E-state index contributed by atoms with van der Waals surface area (Å²) in [5.41, 5.74) is 1.44. The van der Waals surface area contributed by atoms with Gasteiger partial charge in [0.2, 0.25) is 10.0 Å². The van der Waals surface area contributed by atoms with Gasteiger partial charge in [0, 0.05) is 25.7 Å². The maximum Gasteiger partial charge on any atom is 0.255 e. The molecule has 0 radical (unpaired) electrons. The third-order valence-electron chi connectivity index (χ3n) is 5.09. The first kappa shape index (κ1) is 23.1. The van der Waals surface area contributed by atoms with Crippen LogP contribution in [-0.4, -0.2) is 72.3 Å². The van der Waals surface area contributed by atoms with Crippen LogP contribution in [0, 0.1) is 0 Å². The number of benzene rings is 2. The van der Waals surface area contributed by atoms with Gasteiger partial charge in [-0.2, -0.15) is 8.99 Å². The van der Waals surface area contributed by atoms with Crippen molar-refractivity contribution in [3.8, 4) is 11.4 Å². The van der Waals surface area contributed by atoms with E-state index in [4.69, 9.17) is 21.1 Å². The van der Waals surface area contributed by atoms with Gasteiger partial charge in [-0.05, 0) is 34.2 Å². The van der Waals surface area contributed by atoms with Crippen molar-refractivity contribution < 1.29 is 22.7 Å². The molecule has 4 rings (SSSR count). The topological polar surface area (TPSA) is 129 Å². The Labute approximate surface area is 195 Å². The average molecular weight is 493 g/mol. The first-order chi connectivity index (χ1) is 15.9. The molecule has 1 amide bonds. The molecule has 33 heavy (non-hydrogen) atoms. The van der Waals surface area contributed by atoms with Crippen molar-refractivity contribution >= 4 is 27.5 Å². The second-order valence-corrected chi connectivity index (χ2v) is 9.45. The van der Waals surface area contributed by atoms with Crippen LogP contribution in [-0.2, 0) is 21.3 Å². The second kappa shape index (κ2) is 9.83. The van der Waals surface area contributed by atoms with E-state index in [0.717, 1.165) is 5.56 Å². The minimum Gasteiger partial charge on any atom is -0.496 e. The zero-order valence-corrected chi connectivity index (χ0v) is 19.2. The Balaban J connectivity index is 1.45. The molecular formula is C20H21ClN6O5S. The van der Waals surface area contributed by atoms with E-state index in [-0.39, 0.29) is 22.0 Å². The van der Waals surface area contributed by atoms with Gasteiger partial charge in [0.1, 0.15) is 12.1 Å². The number of morpholine rings is 1. The quantitative estimate of drug-likeness (QED) is 0.522. The highest BCUT2D eigenvalue weighted by atomic mass is 35.5. The number of nitrogens with zero attached hydrogens (tertiary/aromatic N) is 5. The number of tetrazole rings is 1. The van der Waals surface area contributed by atoms with Gasteiger partial charge < -0.3 is 14.8 Å². The molecule has 174 valence electrons. The van der Waals surface area contributed by atoms with Crippen LogP contribution in [0.25, 0.3) is 5.69 Å². The number of rotatable bonds is 7. The van der Waals surface area contributed by atoms with E-state index in [9.17, 15) is 13.2 Å². The minimum atomic E-state index is -3.57. The van der Waals surface area contributed by atoms with E-state index in [1.165, 1.54) is 40.6 Å². The fourth-order valence-electron chi connectivity index (χ4n) is 3.33. The molecule has 1 aliphatic heterocycles. The summed E-state index contributed by atoms with van der Waals surface area (Å²) in [7, 11) is -2.13. The molecule has 0 saturated carbocycles. The zero-order valence-electron chi connectivity index (χ0n) is 17.6. The van der Waals surface area contributed by atoms with E-state index >= 15 is 0 Å². The van der Waals surface area contributed by atoms with E-state index in [2.05, 4.69) is 20.8 Å². The molecule has 1 saturated heterocycles. The number of ether oxygens (including phenoxy) is 2. The number of nitrogens with one attached hydrogen (secondary N) is 1. The summed E-state index contributed by atoms with van der Waals surface area (Å²) < 4.78 is 38.8. The van der Waals surface area contributed by atoms with Crippen LogP contribution >= 0.6 is 11.6 Å². The van der Waals surface area contributed by atoms with Gasteiger partial charge in [0.25, 0.3) is 5.91 Å². The Morgan fingerprint density at radius 1 is 1.21 bits per heavy atom. The molecule has 2 aromatic carbocycles. The lowest BCUT2D eigenvalue weighted by Gasteiger charge is -2.26. The van der Waals surface area contributed by atoms with Crippen molar-refractivity contribution in [1.29, 1.82) is 0 Å². The molecule has 0 aliphatic carbocycles. The highest BCUT2D eigenvalue weighted by Gasteiger charge is 2.26. The summed E-state index contributed by atoms with van der Waals surface area (Å²) in [4.78, 5) is 13.0. The van der Waals surface area contributed by atoms with Crippen molar-refractivity contribution in [2.24, 2.45) is 0 Å². The summed E-state index contributed by atoms with van der Waals surface area (Å²) in [6.45, 7) is 1.61. The molecule has 11 nitrogen and oxygen atoms in total. The predicted octanol–water partition coefficient (Wildman–Crippen LogP) is 1.28. The van der Waals surface area contributed by atoms with Crippen molar-refractivity contribution in [2.45, 2.75) is 11.4 Å². The smallest absolute Gasteiger partial charge is 0.255 e. The Bertz CT molecular complexity index is 1230. The summed E-state index contributed by atoms with van der Waals surface area (Å²) in [5, 5.41) is 14.0. The molecular weight excluding hydrogens is 472 g/mol. The van der Waals surface area contributed by atoms with Crippen LogP contribution in [0.1, 0.15) is 15.9 Å². The van der Waals surface area contributed by atoms with E-state index in [1.807, 2.05) is 0 Å². The fourth-order valence-corrected chi connectivity index (χ4v) is 4.99. The summed E-state index contributed by atoms with van der Waals surface area (Å²) >= 11 is 6.31. The van der Waals surface area contributed by atoms with Crippen molar-refractivity contribution in [3.63, 3.8) is 0 Å². The SMILES string of the molecule is COc1cc(-n2cnnn2)c(Cl)cc1C(=O)NCc1ccc(S(=O)(=O)N2CCOCC2)cc1. The number of methoxy groups -OCH3 is 1. The zero-order chi connectivity index (χ0) is 23.4. The van der Waals surface area contributed by atoms with E-state index in [1.54, 1.807) is 18.2 Å². The van der Waals surface area contributed by atoms with Crippen LogP contribution in [0.5, 0.6) is 5.75 Å². The van der Waals surface area contributed by atoms with E-state index < -0.39 is 15.9 Å². The normalized spacial score (nSPS) is 14.7. The van der Waals surface area contributed by atoms with Gasteiger partial charge >= 0.3 is 0 Å². The molecule has 1 N–H and O–H groups in total. The maximum atomic E-state index is 12.8. The number of sulfonamides is 1. The van der Waals surface area contributed by atoms with Gasteiger partial charge in [-0.25, -0.2) is 8.42 Å². The third-order valence-corrected chi connectivity index (χ3v) is 7.31. The van der Waals surface area contributed by atoms with Gasteiger partial charge in [-0.15, -0.1) is 5.10 Å². The largest absolute Gasteiger partial charge is 0.496 e. The lowest BCUT2D eigenvalue weighted by Crippen LogP contribution is -2.40. The van der Waals surface area contributed by atoms with Crippen LogP contribution in [0.4, 0.5) is 0 Å². The Kier molecular flexibility index (Phi) is 6.88. The van der Waals surface area contributed by atoms with Crippen molar-refractivity contribution in [1.82, 2.24) is 29.8 Å². The molecule has 3 aromatic rings. The monoisotopic (exact) mass is 492 g/mol. The lowest BCUT2D eigenvalue weighted by molar-refractivity contribution is 0.0730. The van der Waals surface area contributed by atoms with Crippen LogP contribution in [0.2, 0.25) is 5.02 Å². The van der Waals surface area contributed by atoms with Gasteiger partial charge in [-0.3, -0.25) is 4.79 Å². The van der Waals surface area contributed by atoms with Crippen molar-refractivity contribution in [2.75, 3.05) is 33.4 Å². The van der Waals surface area contributed by atoms with Crippen molar-refractivity contribution in [3.05, 3.63) is 58.9 Å². The maximum absolute atomic E-state index is 12.8. The average Bonchev–Trinajstić information content (AvgIpc) is 3.38. The molecule has 13 heteroatoms.